The van der Waals surface area contributed by atoms with Gasteiger partial charge in [0.2, 0.25) is 0 Å². The van der Waals surface area contributed by atoms with Crippen LogP contribution < -0.4 is 4.90 Å². The third-order valence-corrected chi connectivity index (χ3v) is 5.06. The fourth-order valence-corrected chi connectivity index (χ4v) is 3.36. The van der Waals surface area contributed by atoms with Gasteiger partial charge in [-0.1, -0.05) is 42.9 Å². The summed E-state index contributed by atoms with van der Waals surface area (Å²) in [7, 11) is 0. The number of amides is 1. The van der Waals surface area contributed by atoms with Crippen molar-refractivity contribution in [1.29, 1.82) is 0 Å². The van der Waals surface area contributed by atoms with Crippen molar-refractivity contribution in [1.82, 2.24) is 4.90 Å². The van der Waals surface area contributed by atoms with E-state index in [-0.39, 0.29) is 44.0 Å². The summed E-state index contributed by atoms with van der Waals surface area (Å²) in [5.41, 5.74) is 2.41. The molecule has 0 aromatic heterocycles. The molecule has 1 radical (unpaired) electrons. The fraction of sp³-hybridized carbons (Fsp3) is 0.333. The van der Waals surface area contributed by atoms with Gasteiger partial charge in [-0.25, -0.2) is 0 Å². The average molecular weight is 409 g/mol. The Bertz CT molecular complexity index is 667. The summed E-state index contributed by atoms with van der Waals surface area (Å²) < 4.78 is 0. The zero-order valence-corrected chi connectivity index (χ0v) is 17.7. The van der Waals surface area contributed by atoms with Crippen LogP contribution in [0.1, 0.15) is 25.3 Å². The number of benzene rings is 2. The number of para-hydroxylation sites is 1. The SMILES string of the molecule is [CH2-]C(=O)N(CN1CCC(C)(c2ccccc2)CC1)c1[c-]cccc1.[Y]. The van der Waals surface area contributed by atoms with E-state index >= 15 is 0 Å². The van der Waals surface area contributed by atoms with Crippen molar-refractivity contribution >= 4 is 11.6 Å². The maximum absolute atomic E-state index is 11.9. The Kier molecular flexibility index (Phi) is 7.24. The number of piperidine rings is 1. The van der Waals surface area contributed by atoms with Crippen molar-refractivity contribution in [2.75, 3.05) is 24.7 Å². The molecule has 0 N–H and O–H groups in total. The van der Waals surface area contributed by atoms with E-state index in [4.69, 9.17) is 0 Å². The topological polar surface area (TPSA) is 23.6 Å². The van der Waals surface area contributed by atoms with E-state index in [1.807, 2.05) is 24.3 Å². The maximum Gasteiger partial charge on any atom is 0.0860 e. The van der Waals surface area contributed by atoms with Crippen LogP contribution in [0.4, 0.5) is 5.69 Å². The zero-order chi connectivity index (χ0) is 17.0. The van der Waals surface area contributed by atoms with E-state index in [0.717, 1.165) is 31.6 Å². The van der Waals surface area contributed by atoms with Crippen molar-refractivity contribution < 1.29 is 37.5 Å². The number of rotatable bonds is 4. The van der Waals surface area contributed by atoms with E-state index in [1.54, 1.807) is 4.90 Å². The molecule has 1 heterocycles. The van der Waals surface area contributed by atoms with E-state index in [1.165, 1.54) is 5.56 Å². The monoisotopic (exact) mass is 409 g/mol. The molecule has 3 nitrogen and oxygen atoms in total. The van der Waals surface area contributed by atoms with Crippen LogP contribution in [0.25, 0.3) is 0 Å². The Hall–Kier alpha value is -1.16. The molecule has 0 unspecified atom stereocenters. The van der Waals surface area contributed by atoms with Crippen LogP contribution in [0, 0.1) is 13.0 Å². The second kappa shape index (κ2) is 8.98. The van der Waals surface area contributed by atoms with Crippen molar-refractivity contribution in [3.63, 3.8) is 0 Å². The summed E-state index contributed by atoms with van der Waals surface area (Å²) in [6.45, 7) is 8.46. The first kappa shape index (κ1) is 20.2. The molecule has 25 heavy (non-hydrogen) atoms. The number of nitrogens with zero attached hydrogens (tertiary/aromatic N) is 2. The molecule has 0 atom stereocenters. The van der Waals surface area contributed by atoms with Gasteiger partial charge < -0.3 is 16.6 Å². The first-order valence-electron chi connectivity index (χ1n) is 8.46. The molecule has 1 amide bonds. The van der Waals surface area contributed by atoms with Crippen molar-refractivity contribution in [2.24, 2.45) is 0 Å². The predicted molar refractivity (Wildman–Crippen MR) is 97.6 cm³/mol. The summed E-state index contributed by atoms with van der Waals surface area (Å²) in [6, 6.07) is 21.4. The zero-order valence-electron chi connectivity index (χ0n) is 14.8. The number of hydrogen-bond donors (Lipinski definition) is 0. The number of likely N-dealkylation sites (tertiary alicyclic amines) is 1. The second-order valence-electron chi connectivity index (χ2n) is 6.76. The van der Waals surface area contributed by atoms with Gasteiger partial charge >= 0.3 is 0 Å². The molecule has 4 heteroatoms. The van der Waals surface area contributed by atoms with Crippen LogP contribution in [0.15, 0.2) is 54.6 Å². The maximum atomic E-state index is 11.9. The van der Waals surface area contributed by atoms with Gasteiger partial charge in [-0.15, -0.1) is 6.07 Å². The largest absolute Gasteiger partial charge is 0.348 e. The molecular formula is C21H24N2OY-2. The van der Waals surface area contributed by atoms with Crippen molar-refractivity contribution in [3.8, 4) is 0 Å². The minimum absolute atomic E-state index is 0. The molecule has 1 aliphatic rings. The molecule has 129 valence electrons. The van der Waals surface area contributed by atoms with E-state index < -0.39 is 0 Å². The van der Waals surface area contributed by atoms with Gasteiger partial charge in [-0.3, -0.25) is 4.90 Å². The number of hydrogen-bond acceptors (Lipinski definition) is 2. The molecule has 2 aromatic rings. The molecule has 1 fully saturated rings. The van der Waals surface area contributed by atoms with Crippen LogP contribution >= 0.6 is 0 Å². The van der Waals surface area contributed by atoms with Gasteiger partial charge in [0.15, 0.2) is 0 Å². The number of anilines is 1. The smallest absolute Gasteiger partial charge is 0.0860 e. The third kappa shape index (κ3) is 4.94. The van der Waals surface area contributed by atoms with Crippen LogP contribution in [0.5, 0.6) is 0 Å². The molecule has 0 bridgehead atoms. The molecule has 0 aliphatic carbocycles. The quantitative estimate of drug-likeness (QED) is 0.720. The van der Waals surface area contributed by atoms with Gasteiger partial charge in [-0.2, -0.15) is 24.3 Å². The van der Waals surface area contributed by atoms with E-state index in [2.05, 4.69) is 55.1 Å². The number of carbonyl (C=O) groups is 1. The second-order valence-corrected chi connectivity index (χ2v) is 6.76. The Morgan fingerprint density at radius 3 is 2.36 bits per heavy atom. The normalized spacial score (nSPS) is 16.7. The van der Waals surface area contributed by atoms with Gasteiger partial charge in [-0.05, 0) is 23.8 Å². The Balaban J connectivity index is 0.00000225. The Morgan fingerprint density at radius 2 is 1.80 bits per heavy atom. The molecule has 2 aromatic carbocycles. The van der Waals surface area contributed by atoms with Crippen LogP contribution in [0.3, 0.4) is 0 Å². The summed E-state index contributed by atoms with van der Waals surface area (Å²) in [4.78, 5) is 16.0. The summed E-state index contributed by atoms with van der Waals surface area (Å²) in [5.74, 6) is -0.186. The Morgan fingerprint density at radius 1 is 1.16 bits per heavy atom. The molecule has 1 saturated heterocycles. The first-order chi connectivity index (χ1) is 11.6. The third-order valence-electron chi connectivity index (χ3n) is 5.06. The van der Waals surface area contributed by atoms with Gasteiger partial charge in [0.1, 0.15) is 0 Å². The van der Waals surface area contributed by atoms with Crippen LogP contribution in [-0.2, 0) is 42.9 Å². The van der Waals surface area contributed by atoms with Crippen LogP contribution in [-0.4, -0.2) is 30.6 Å². The average Bonchev–Trinajstić information content (AvgIpc) is 2.62. The van der Waals surface area contributed by atoms with Gasteiger partial charge in [0.25, 0.3) is 0 Å². The summed E-state index contributed by atoms with van der Waals surface area (Å²) in [5, 5.41) is 0. The van der Waals surface area contributed by atoms with Crippen LogP contribution in [0.2, 0.25) is 0 Å². The predicted octanol–water partition coefficient (Wildman–Crippen LogP) is 3.66. The fourth-order valence-electron chi connectivity index (χ4n) is 3.36. The first-order valence-corrected chi connectivity index (χ1v) is 8.46. The van der Waals surface area contributed by atoms with Crippen molar-refractivity contribution in [3.05, 3.63) is 73.2 Å². The standard InChI is InChI=1S/C21H24N2O.Y/c1-18(24)23(20-11-7-4-8-12-20)17-22-15-13-21(2,14-16-22)19-9-5-3-6-10-19;/h3-11H,1,13-17H2,2H3;/q-2;. The summed E-state index contributed by atoms with van der Waals surface area (Å²) >= 11 is 0. The molecule has 0 spiro atoms. The van der Waals surface area contributed by atoms with Gasteiger partial charge in [0, 0.05) is 45.8 Å². The molecule has 3 rings (SSSR count). The number of carbonyl (C=O) groups excluding carboxylic acids is 1. The van der Waals surface area contributed by atoms with Crippen molar-refractivity contribution in [2.45, 2.75) is 25.2 Å². The van der Waals surface area contributed by atoms with E-state index in [0.29, 0.717) is 6.67 Å². The summed E-state index contributed by atoms with van der Waals surface area (Å²) in [6.07, 6.45) is 2.18. The minimum Gasteiger partial charge on any atom is -0.348 e. The molecular weight excluding hydrogens is 385 g/mol. The van der Waals surface area contributed by atoms with E-state index in [9.17, 15) is 4.79 Å². The molecule has 1 aliphatic heterocycles. The minimum atomic E-state index is -0.186. The Labute approximate surface area is 176 Å². The molecule has 0 saturated carbocycles. The van der Waals surface area contributed by atoms with Gasteiger partial charge in [0.05, 0.1) is 12.6 Å².